The van der Waals surface area contributed by atoms with Gasteiger partial charge in [-0.05, 0) is 122 Å². The van der Waals surface area contributed by atoms with Crippen molar-refractivity contribution in [3.8, 4) is 0 Å². The highest BCUT2D eigenvalue weighted by Crippen LogP contribution is 2.66. The van der Waals surface area contributed by atoms with Crippen LogP contribution in [0.1, 0.15) is 107 Å². The van der Waals surface area contributed by atoms with Gasteiger partial charge < -0.3 is 10.1 Å². The summed E-state index contributed by atoms with van der Waals surface area (Å²) in [6.07, 6.45) is 13.5. The van der Waals surface area contributed by atoms with Crippen molar-refractivity contribution in [3.63, 3.8) is 0 Å². The first-order valence-electron chi connectivity index (χ1n) is 17.8. The van der Waals surface area contributed by atoms with Gasteiger partial charge in [-0.1, -0.05) is 51.5 Å². The summed E-state index contributed by atoms with van der Waals surface area (Å²) < 4.78 is 21.3. The van der Waals surface area contributed by atoms with Gasteiger partial charge in [-0.2, -0.15) is 5.10 Å². The summed E-state index contributed by atoms with van der Waals surface area (Å²) in [6, 6.07) is 11.8. The highest BCUT2D eigenvalue weighted by atomic mass is 19.1. The molecule has 2 N–H and O–H groups in total. The molecule has 6 nitrogen and oxygen atoms in total. The molecule has 3 aromatic rings. The Morgan fingerprint density at radius 3 is 2.63 bits per heavy atom. The van der Waals surface area contributed by atoms with E-state index >= 15 is 0 Å². The topological polar surface area (TPSA) is 84.1 Å². The molecule has 4 aliphatic rings. The van der Waals surface area contributed by atoms with Crippen molar-refractivity contribution >= 4 is 16.7 Å². The highest BCUT2D eigenvalue weighted by molar-refractivity contribution is 5.94. The first-order chi connectivity index (χ1) is 22.2. The summed E-state index contributed by atoms with van der Waals surface area (Å²) in [4.78, 5) is 25.2. The summed E-state index contributed by atoms with van der Waals surface area (Å²) in [7, 11) is 0. The lowest BCUT2D eigenvalue weighted by molar-refractivity contribution is -0.134. The van der Waals surface area contributed by atoms with Gasteiger partial charge in [-0.3, -0.25) is 9.59 Å². The van der Waals surface area contributed by atoms with Crippen LogP contribution in [0.2, 0.25) is 0 Å². The number of hydrogen-bond donors (Lipinski definition) is 2. The largest absolute Gasteiger partial charge is 0.378 e. The van der Waals surface area contributed by atoms with Gasteiger partial charge in [0.25, 0.3) is 11.5 Å². The number of ether oxygens (including phenoxy) is 1. The monoisotopic (exact) mass is 627 g/mol. The number of carbonyl (C=O) groups is 1. The van der Waals surface area contributed by atoms with Crippen molar-refractivity contribution in [1.29, 1.82) is 0 Å². The number of aromatic amines is 1. The van der Waals surface area contributed by atoms with Crippen molar-refractivity contribution in [1.82, 2.24) is 15.5 Å². The molecule has 4 fully saturated rings. The summed E-state index contributed by atoms with van der Waals surface area (Å²) in [5.41, 5.74) is 1.99. The van der Waals surface area contributed by atoms with Crippen LogP contribution >= 0.6 is 0 Å². The third-order valence-corrected chi connectivity index (χ3v) is 13.2. The summed E-state index contributed by atoms with van der Waals surface area (Å²) in [5.74, 6) is 3.35. The zero-order valence-electron chi connectivity index (χ0n) is 27.7. The van der Waals surface area contributed by atoms with E-state index in [1.807, 2.05) is 18.2 Å². The van der Waals surface area contributed by atoms with E-state index in [2.05, 4.69) is 36.3 Å². The minimum Gasteiger partial charge on any atom is -0.378 e. The van der Waals surface area contributed by atoms with E-state index in [9.17, 15) is 14.0 Å². The first-order valence-corrected chi connectivity index (χ1v) is 17.8. The molecule has 0 spiro atoms. The Bertz CT molecular complexity index is 1650. The van der Waals surface area contributed by atoms with E-state index < -0.39 is 11.7 Å². The molecule has 8 atom stereocenters. The number of halogens is 1. The number of nitrogens with one attached hydrogen (secondary N) is 2. The fraction of sp³-hybridized carbons (Fsp3) is 0.615. The minimum atomic E-state index is -0.553. The summed E-state index contributed by atoms with van der Waals surface area (Å²) in [5, 5.41) is 11.0. The molecule has 0 bridgehead atoms. The lowest BCUT2D eigenvalue weighted by atomic mass is 9.44. The number of rotatable bonds is 8. The molecular weight excluding hydrogens is 577 g/mol. The van der Waals surface area contributed by atoms with E-state index in [0.717, 1.165) is 47.0 Å². The van der Waals surface area contributed by atoms with Gasteiger partial charge >= 0.3 is 0 Å². The maximum Gasteiger partial charge on any atom is 0.272 e. The Labute approximate surface area is 272 Å². The third kappa shape index (κ3) is 5.61. The predicted octanol–water partition coefficient (Wildman–Crippen LogP) is 7.84. The van der Waals surface area contributed by atoms with Gasteiger partial charge in [0.05, 0.1) is 22.7 Å². The fourth-order valence-corrected chi connectivity index (χ4v) is 10.6. The predicted molar refractivity (Wildman–Crippen MR) is 179 cm³/mol. The van der Waals surface area contributed by atoms with Crippen molar-refractivity contribution in [2.45, 2.75) is 97.5 Å². The summed E-state index contributed by atoms with van der Waals surface area (Å²) >= 11 is 0. The number of nitrogens with zero attached hydrogens (tertiary/aromatic N) is 1. The first kappa shape index (κ1) is 31.5. The van der Waals surface area contributed by atoms with Crippen LogP contribution in [0, 0.1) is 46.2 Å². The van der Waals surface area contributed by atoms with Crippen molar-refractivity contribution < 1.29 is 13.9 Å². The highest BCUT2D eigenvalue weighted by Gasteiger charge is 2.60. The molecule has 1 aromatic heterocycles. The molecule has 1 amide bonds. The molecule has 0 aliphatic heterocycles. The molecule has 1 unspecified atom stereocenters. The number of carbonyl (C=O) groups excluding carboxylic acids is 1. The van der Waals surface area contributed by atoms with Crippen LogP contribution < -0.4 is 10.9 Å². The number of benzene rings is 2. The van der Waals surface area contributed by atoms with Crippen LogP contribution in [-0.4, -0.2) is 35.4 Å². The molecule has 2 aromatic carbocycles. The van der Waals surface area contributed by atoms with E-state index in [0.29, 0.717) is 42.5 Å². The number of hydrogen-bond acceptors (Lipinski definition) is 4. The van der Waals surface area contributed by atoms with Crippen molar-refractivity contribution in [2.75, 3.05) is 13.2 Å². The molecular formula is C39H50FN3O3. The van der Waals surface area contributed by atoms with Crippen molar-refractivity contribution in [3.05, 3.63) is 75.5 Å². The Hall–Kier alpha value is -3.06. The molecule has 4 saturated carbocycles. The lowest BCUT2D eigenvalue weighted by Crippen LogP contribution is -2.54. The Morgan fingerprint density at radius 2 is 1.78 bits per heavy atom. The van der Waals surface area contributed by atoms with E-state index in [1.54, 1.807) is 18.2 Å². The zero-order chi connectivity index (χ0) is 32.1. The van der Waals surface area contributed by atoms with Gasteiger partial charge in [-0.15, -0.1) is 0 Å². The number of amides is 1. The second-order valence-corrected chi connectivity index (χ2v) is 15.7. The Morgan fingerprint density at radius 1 is 1.00 bits per heavy atom. The lowest BCUT2D eigenvalue weighted by Gasteiger charge is -2.61. The molecule has 4 aliphatic carbocycles. The molecule has 0 saturated heterocycles. The van der Waals surface area contributed by atoms with E-state index in [-0.39, 0.29) is 22.6 Å². The Kier molecular flexibility index (Phi) is 8.58. The average Bonchev–Trinajstić information content (AvgIpc) is 3.39. The van der Waals surface area contributed by atoms with Crippen molar-refractivity contribution in [2.24, 2.45) is 40.4 Å². The number of aromatic nitrogens is 2. The van der Waals surface area contributed by atoms with Gasteiger partial charge in [0.15, 0.2) is 0 Å². The van der Waals surface area contributed by atoms with E-state index in [1.165, 1.54) is 57.4 Å². The van der Waals surface area contributed by atoms with Crippen LogP contribution in [0.3, 0.4) is 0 Å². The van der Waals surface area contributed by atoms with Crippen LogP contribution in [0.15, 0.2) is 47.3 Å². The molecule has 46 heavy (non-hydrogen) atoms. The smallest absolute Gasteiger partial charge is 0.272 e. The third-order valence-electron chi connectivity index (χ3n) is 13.2. The van der Waals surface area contributed by atoms with Crippen LogP contribution in [0.4, 0.5) is 4.39 Å². The van der Waals surface area contributed by atoms with Gasteiger partial charge in [0.2, 0.25) is 0 Å². The normalized spacial score (nSPS) is 33.7. The molecule has 7 rings (SSSR count). The quantitative estimate of drug-likeness (QED) is 0.249. The number of H-pyrrole nitrogens is 1. The minimum absolute atomic E-state index is 0.0193. The molecule has 246 valence electrons. The molecule has 1 heterocycles. The van der Waals surface area contributed by atoms with Gasteiger partial charge in [0.1, 0.15) is 5.82 Å². The maximum atomic E-state index is 14.7. The second kappa shape index (κ2) is 12.5. The zero-order valence-corrected chi connectivity index (χ0v) is 27.7. The standard InChI is InChI=1S/C39H50FN3O3/c1-24-15-17-38(2)26(21-24)10-11-29-31-12-14-35(39(31,3)18-16-32(29)38)46-20-6-19-41-36(44)30-22-25(9-13-33(30)40)23-34-27-7-4-5-8-28(27)37(45)43-42-34/h4-5,7-9,13,22,24,26,29,31-32,35H,6,10-12,14-21,23H2,1-3H3,(H,41,44)(H,43,45)/t24?,26-,29-,31-,32-,35-,38-,39-/m0/s1. The van der Waals surface area contributed by atoms with Crippen LogP contribution in [0.25, 0.3) is 10.8 Å². The average molecular weight is 628 g/mol. The number of fused-ring (bicyclic) bond motifs is 6. The van der Waals surface area contributed by atoms with Crippen LogP contribution in [0.5, 0.6) is 0 Å². The maximum absolute atomic E-state index is 14.7. The Balaban J connectivity index is 0.918. The molecule has 7 heteroatoms. The fourth-order valence-electron chi connectivity index (χ4n) is 10.6. The summed E-state index contributed by atoms with van der Waals surface area (Å²) in [6.45, 7) is 8.65. The molecule has 0 radical (unpaired) electrons. The van der Waals surface area contributed by atoms with Gasteiger partial charge in [0, 0.05) is 25.0 Å². The van der Waals surface area contributed by atoms with E-state index in [4.69, 9.17) is 4.74 Å². The SMILES string of the molecule is CC1CC[C@@]2(C)[C@@H](CC[C@@H]3[C@@H]2CC[C@]2(C)[C@@H](OCCCNC(=O)c4cc(Cc5n[nH]c(=O)c6ccccc56)ccc4F)CC[C@@H]32)C1. The second-order valence-electron chi connectivity index (χ2n) is 15.7. The van der Waals surface area contributed by atoms with Gasteiger partial charge in [-0.25, -0.2) is 9.49 Å². The van der Waals surface area contributed by atoms with Crippen LogP contribution in [-0.2, 0) is 11.2 Å².